The van der Waals surface area contributed by atoms with E-state index in [1.165, 1.54) is 6.07 Å². The molecule has 0 spiro atoms. The Bertz CT molecular complexity index is 433. The van der Waals surface area contributed by atoms with Gasteiger partial charge in [-0.15, -0.1) is 0 Å². The molecule has 0 bridgehead atoms. The lowest BCUT2D eigenvalue weighted by Gasteiger charge is -2.01. The summed E-state index contributed by atoms with van der Waals surface area (Å²) in [6.07, 6.45) is 0.990. The number of rotatable bonds is 1. The number of halogens is 1. The van der Waals surface area contributed by atoms with Gasteiger partial charge < -0.3 is 10.1 Å². The van der Waals surface area contributed by atoms with Crippen LogP contribution in [0.5, 0.6) is 0 Å². The second-order valence-electron chi connectivity index (χ2n) is 3.08. The smallest absolute Gasteiger partial charge is 0.132 e. The maximum Gasteiger partial charge on any atom is 0.132 e. The molecule has 0 fully saturated rings. The van der Waals surface area contributed by atoms with Crippen LogP contribution in [0.15, 0.2) is 24.4 Å². The van der Waals surface area contributed by atoms with E-state index in [0.29, 0.717) is 10.9 Å². The minimum absolute atomic E-state index is 0.297. The third-order valence-electron chi connectivity index (χ3n) is 2.14. The van der Waals surface area contributed by atoms with Gasteiger partial charge in [-0.2, -0.15) is 0 Å². The summed E-state index contributed by atoms with van der Waals surface area (Å²) in [4.78, 5) is 2.91. The van der Waals surface area contributed by atoms with Crippen LogP contribution in [0.3, 0.4) is 0 Å². The van der Waals surface area contributed by atoms with Gasteiger partial charge in [0.2, 0.25) is 0 Å². The minimum Gasteiger partial charge on any atom is -0.389 e. The Morgan fingerprint density at radius 2 is 2.23 bits per heavy atom. The fraction of sp³-hybridized carbons (Fsp3) is 0.200. The number of hydrogen-bond acceptors (Lipinski definition) is 1. The lowest BCUT2D eigenvalue weighted by Crippen LogP contribution is -1.89. The first-order chi connectivity index (χ1) is 6.20. The van der Waals surface area contributed by atoms with Gasteiger partial charge in [0.05, 0.1) is 6.10 Å². The van der Waals surface area contributed by atoms with E-state index >= 15 is 0 Å². The molecule has 0 saturated carbocycles. The molecule has 3 heteroatoms. The molecule has 0 radical (unpaired) electrons. The number of aromatic amines is 1. The summed E-state index contributed by atoms with van der Waals surface area (Å²) in [5.74, 6) is -0.297. The van der Waals surface area contributed by atoms with Crippen molar-refractivity contribution in [3.8, 4) is 0 Å². The Hall–Kier alpha value is -1.35. The molecule has 2 rings (SSSR count). The first kappa shape index (κ1) is 8.26. The summed E-state index contributed by atoms with van der Waals surface area (Å²) in [5, 5.41) is 9.83. The number of nitrogens with one attached hydrogen (secondary N) is 1. The highest BCUT2D eigenvalue weighted by Gasteiger charge is 2.11. The van der Waals surface area contributed by atoms with E-state index in [4.69, 9.17) is 0 Å². The van der Waals surface area contributed by atoms with Gasteiger partial charge in [-0.3, -0.25) is 0 Å². The first-order valence-electron chi connectivity index (χ1n) is 4.13. The monoisotopic (exact) mass is 179 g/mol. The SMILES string of the molecule is CC(O)c1c[nH]c2cccc(F)c12. The fourth-order valence-corrected chi connectivity index (χ4v) is 1.49. The zero-order valence-electron chi connectivity index (χ0n) is 7.21. The van der Waals surface area contributed by atoms with Crippen molar-refractivity contribution in [1.29, 1.82) is 0 Å². The Labute approximate surface area is 75.0 Å². The van der Waals surface area contributed by atoms with Crippen LogP contribution < -0.4 is 0 Å². The average molecular weight is 179 g/mol. The summed E-state index contributed by atoms with van der Waals surface area (Å²) in [7, 11) is 0. The zero-order valence-corrected chi connectivity index (χ0v) is 7.21. The molecule has 1 heterocycles. The van der Waals surface area contributed by atoms with Gasteiger partial charge in [0.1, 0.15) is 5.82 Å². The quantitative estimate of drug-likeness (QED) is 0.692. The van der Waals surface area contributed by atoms with Crippen molar-refractivity contribution in [2.75, 3.05) is 0 Å². The number of aliphatic hydroxyl groups excluding tert-OH is 1. The predicted molar refractivity (Wildman–Crippen MR) is 48.9 cm³/mol. The topological polar surface area (TPSA) is 36.0 Å². The van der Waals surface area contributed by atoms with Crippen molar-refractivity contribution in [1.82, 2.24) is 4.98 Å². The number of fused-ring (bicyclic) bond motifs is 1. The molecule has 0 aliphatic carbocycles. The predicted octanol–water partition coefficient (Wildman–Crippen LogP) is 2.36. The molecule has 1 atom stereocenters. The van der Waals surface area contributed by atoms with Crippen molar-refractivity contribution in [2.45, 2.75) is 13.0 Å². The lowest BCUT2D eigenvalue weighted by molar-refractivity contribution is 0.200. The van der Waals surface area contributed by atoms with E-state index in [1.54, 1.807) is 25.3 Å². The highest BCUT2D eigenvalue weighted by atomic mass is 19.1. The number of aliphatic hydroxyl groups is 1. The largest absolute Gasteiger partial charge is 0.389 e. The molecule has 0 aliphatic rings. The van der Waals surface area contributed by atoms with E-state index in [0.717, 1.165) is 5.52 Å². The summed E-state index contributed by atoms with van der Waals surface area (Å²) in [6, 6.07) is 4.81. The van der Waals surface area contributed by atoms with Crippen molar-refractivity contribution in [3.63, 3.8) is 0 Å². The fourth-order valence-electron chi connectivity index (χ4n) is 1.49. The Morgan fingerprint density at radius 1 is 1.46 bits per heavy atom. The summed E-state index contributed by atoms with van der Waals surface area (Å²) in [5.41, 5.74) is 1.32. The molecule has 0 amide bonds. The second kappa shape index (κ2) is 2.85. The van der Waals surface area contributed by atoms with Crippen LogP contribution in [-0.4, -0.2) is 10.1 Å². The van der Waals surface area contributed by atoms with Gasteiger partial charge in [-0.05, 0) is 19.1 Å². The van der Waals surface area contributed by atoms with Gasteiger partial charge >= 0.3 is 0 Å². The number of H-pyrrole nitrogens is 1. The molecule has 13 heavy (non-hydrogen) atoms. The van der Waals surface area contributed by atoms with Crippen LogP contribution in [0.2, 0.25) is 0 Å². The standard InChI is InChI=1S/C10H10FNO/c1-6(13)7-5-12-9-4-2-3-8(11)10(7)9/h2-6,12-13H,1H3. The third-order valence-corrected chi connectivity index (χ3v) is 2.14. The van der Waals surface area contributed by atoms with Crippen molar-refractivity contribution in [3.05, 3.63) is 35.8 Å². The number of hydrogen-bond donors (Lipinski definition) is 2. The summed E-state index contributed by atoms with van der Waals surface area (Å²) >= 11 is 0. The third kappa shape index (κ3) is 1.21. The van der Waals surface area contributed by atoms with Crippen LogP contribution in [0.25, 0.3) is 10.9 Å². The average Bonchev–Trinajstić information content (AvgIpc) is 2.49. The van der Waals surface area contributed by atoms with Gasteiger partial charge in [0, 0.05) is 22.7 Å². The molecule has 2 N–H and O–H groups in total. The molecule has 1 aromatic carbocycles. The first-order valence-corrected chi connectivity index (χ1v) is 4.13. The van der Waals surface area contributed by atoms with Gasteiger partial charge in [0.25, 0.3) is 0 Å². The van der Waals surface area contributed by atoms with E-state index in [9.17, 15) is 9.50 Å². The molecule has 1 aromatic heterocycles. The van der Waals surface area contributed by atoms with Crippen LogP contribution >= 0.6 is 0 Å². The summed E-state index contributed by atoms with van der Waals surface area (Å²) in [6.45, 7) is 1.62. The highest BCUT2D eigenvalue weighted by Crippen LogP contribution is 2.25. The van der Waals surface area contributed by atoms with E-state index in [1.807, 2.05) is 0 Å². The molecule has 2 nitrogen and oxygen atoms in total. The van der Waals surface area contributed by atoms with Crippen LogP contribution in [0, 0.1) is 5.82 Å². The van der Waals surface area contributed by atoms with Crippen molar-refractivity contribution >= 4 is 10.9 Å². The zero-order chi connectivity index (χ0) is 9.42. The van der Waals surface area contributed by atoms with Crippen LogP contribution in [0.1, 0.15) is 18.6 Å². The van der Waals surface area contributed by atoms with Crippen molar-refractivity contribution < 1.29 is 9.50 Å². The maximum atomic E-state index is 13.3. The summed E-state index contributed by atoms with van der Waals surface area (Å²) < 4.78 is 13.3. The van der Waals surface area contributed by atoms with Gasteiger partial charge in [0.15, 0.2) is 0 Å². The molecule has 0 saturated heterocycles. The maximum absolute atomic E-state index is 13.3. The Kier molecular flexibility index (Phi) is 1.81. The molecule has 1 unspecified atom stereocenters. The highest BCUT2D eigenvalue weighted by molar-refractivity contribution is 5.84. The second-order valence-corrected chi connectivity index (χ2v) is 3.08. The van der Waals surface area contributed by atoms with Gasteiger partial charge in [-0.25, -0.2) is 4.39 Å². The van der Waals surface area contributed by atoms with E-state index < -0.39 is 6.10 Å². The molecule has 68 valence electrons. The van der Waals surface area contributed by atoms with Crippen molar-refractivity contribution in [2.24, 2.45) is 0 Å². The molecular formula is C10H10FNO. The van der Waals surface area contributed by atoms with Gasteiger partial charge in [-0.1, -0.05) is 6.07 Å². The van der Waals surface area contributed by atoms with E-state index in [2.05, 4.69) is 4.98 Å². The molecule has 0 aliphatic heterocycles. The number of benzene rings is 1. The van der Waals surface area contributed by atoms with E-state index in [-0.39, 0.29) is 5.82 Å². The normalized spacial score (nSPS) is 13.5. The Morgan fingerprint density at radius 3 is 2.92 bits per heavy atom. The minimum atomic E-state index is -0.648. The van der Waals surface area contributed by atoms with Crippen LogP contribution in [0.4, 0.5) is 4.39 Å². The van der Waals surface area contributed by atoms with Crippen LogP contribution in [-0.2, 0) is 0 Å². The number of aromatic nitrogens is 1. The Balaban J connectivity index is 2.79. The molecule has 2 aromatic rings. The molecular weight excluding hydrogens is 169 g/mol. The lowest BCUT2D eigenvalue weighted by atomic mass is 10.1.